The first-order valence-electron chi connectivity index (χ1n) is 9.44. The maximum atomic E-state index is 12.9. The Kier molecular flexibility index (Phi) is 6.13. The molecule has 0 radical (unpaired) electrons. The maximum absolute atomic E-state index is 12.9. The lowest BCUT2D eigenvalue weighted by Crippen LogP contribution is -2.57. The molecule has 1 saturated carbocycles. The van der Waals surface area contributed by atoms with Gasteiger partial charge in [-0.05, 0) is 31.0 Å². The van der Waals surface area contributed by atoms with Crippen LogP contribution in [0.1, 0.15) is 38.5 Å². The van der Waals surface area contributed by atoms with Gasteiger partial charge in [-0.3, -0.25) is 9.59 Å². The van der Waals surface area contributed by atoms with Gasteiger partial charge in [0.2, 0.25) is 11.8 Å². The van der Waals surface area contributed by atoms with Crippen LogP contribution in [0.25, 0.3) is 0 Å². The summed E-state index contributed by atoms with van der Waals surface area (Å²) in [5, 5.41) is 3.38. The average molecular weight is 409 g/mol. The number of esters is 1. The molecule has 2 fully saturated rings. The Morgan fingerprint density at radius 3 is 2.57 bits per heavy atom. The SMILES string of the molecule is COC(=O)C1(NC(=O)C2CC(=O)N(c3cc(Cl)ccc3OC)C2)CCCCC1. The summed E-state index contributed by atoms with van der Waals surface area (Å²) in [6, 6.07) is 5.01. The van der Waals surface area contributed by atoms with Gasteiger partial charge in [-0.25, -0.2) is 4.79 Å². The highest BCUT2D eigenvalue weighted by atomic mass is 35.5. The van der Waals surface area contributed by atoms with Gasteiger partial charge >= 0.3 is 5.97 Å². The molecule has 2 amide bonds. The molecular formula is C20H25ClN2O5. The summed E-state index contributed by atoms with van der Waals surface area (Å²) in [6.45, 7) is 0.207. The molecule has 8 heteroatoms. The van der Waals surface area contributed by atoms with E-state index >= 15 is 0 Å². The van der Waals surface area contributed by atoms with Gasteiger partial charge in [-0.1, -0.05) is 30.9 Å². The number of nitrogens with zero attached hydrogens (tertiary/aromatic N) is 1. The van der Waals surface area contributed by atoms with Crippen LogP contribution >= 0.6 is 11.6 Å². The zero-order valence-electron chi connectivity index (χ0n) is 16.1. The van der Waals surface area contributed by atoms with Gasteiger partial charge in [0.05, 0.1) is 25.8 Å². The smallest absolute Gasteiger partial charge is 0.331 e. The number of carbonyl (C=O) groups is 3. The highest BCUT2D eigenvalue weighted by Crippen LogP contribution is 2.36. The third kappa shape index (κ3) is 3.94. The number of hydrogen-bond donors (Lipinski definition) is 1. The summed E-state index contributed by atoms with van der Waals surface area (Å²) in [5.74, 6) is -0.948. The van der Waals surface area contributed by atoms with E-state index in [9.17, 15) is 14.4 Å². The molecule has 152 valence electrons. The van der Waals surface area contributed by atoms with Crippen molar-refractivity contribution in [1.82, 2.24) is 5.32 Å². The molecule has 1 aliphatic heterocycles. The normalized spacial score (nSPS) is 21.3. The second-order valence-corrected chi connectivity index (χ2v) is 7.78. The Balaban J connectivity index is 1.77. The first-order valence-corrected chi connectivity index (χ1v) is 9.82. The summed E-state index contributed by atoms with van der Waals surface area (Å²) in [6.07, 6.45) is 3.91. The Labute approximate surface area is 169 Å². The van der Waals surface area contributed by atoms with Crippen molar-refractivity contribution < 1.29 is 23.9 Å². The molecule has 0 aromatic heterocycles. The molecule has 1 heterocycles. The second-order valence-electron chi connectivity index (χ2n) is 7.35. The van der Waals surface area contributed by atoms with Crippen molar-refractivity contribution in [3.05, 3.63) is 23.2 Å². The maximum Gasteiger partial charge on any atom is 0.331 e. The Morgan fingerprint density at radius 2 is 1.93 bits per heavy atom. The molecule has 1 unspecified atom stereocenters. The molecule has 1 aromatic rings. The van der Waals surface area contributed by atoms with Crippen LogP contribution in [0, 0.1) is 5.92 Å². The molecular weight excluding hydrogens is 384 g/mol. The number of benzene rings is 1. The van der Waals surface area contributed by atoms with E-state index in [4.69, 9.17) is 21.1 Å². The van der Waals surface area contributed by atoms with Gasteiger partial charge in [-0.2, -0.15) is 0 Å². The predicted molar refractivity (Wildman–Crippen MR) is 104 cm³/mol. The van der Waals surface area contributed by atoms with Crippen molar-refractivity contribution in [2.75, 3.05) is 25.7 Å². The number of rotatable bonds is 5. The highest BCUT2D eigenvalue weighted by Gasteiger charge is 2.45. The van der Waals surface area contributed by atoms with Gasteiger partial charge < -0.3 is 19.7 Å². The van der Waals surface area contributed by atoms with Crippen molar-refractivity contribution in [2.45, 2.75) is 44.1 Å². The number of carbonyl (C=O) groups excluding carboxylic acids is 3. The Morgan fingerprint density at radius 1 is 1.21 bits per heavy atom. The van der Waals surface area contributed by atoms with Crippen LogP contribution in [-0.2, 0) is 19.1 Å². The van der Waals surface area contributed by atoms with Gasteiger partial charge in [0.25, 0.3) is 0 Å². The topological polar surface area (TPSA) is 84.9 Å². The average Bonchev–Trinajstić information content (AvgIpc) is 3.09. The van der Waals surface area contributed by atoms with Crippen molar-refractivity contribution in [3.8, 4) is 5.75 Å². The quantitative estimate of drug-likeness (QED) is 0.757. The molecule has 3 rings (SSSR count). The van der Waals surface area contributed by atoms with Crippen molar-refractivity contribution in [2.24, 2.45) is 5.92 Å². The Hall–Kier alpha value is -2.28. The fourth-order valence-electron chi connectivity index (χ4n) is 4.06. The standard InChI is InChI=1S/C20H25ClN2O5/c1-27-16-7-6-14(21)11-15(16)23-12-13(10-17(23)24)18(25)22-20(19(26)28-2)8-4-3-5-9-20/h6-7,11,13H,3-5,8-10,12H2,1-2H3,(H,22,25). The number of nitrogens with one attached hydrogen (secondary N) is 1. The molecule has 1 N–H and O–H groups in total. The predicted octanol–water partition coefficient (Wildman–Crippen LogP) is 2.69. The van der Waals surface area contributed by atoms with Crippen molar-refractivity contribution in [1.29, 1.82) is 0 Å². The van der Waals surface area contributed by atoms with Crippen molar-refractivity contribution >= 4 is 35.1 Å². The minimum absolute atomic E-state index is 0.0682. The number of amides is 2. The lowest BCUT2D eigenvalue weighted by Gasteiger charge is -2.35. The van der Waals surface area contributed by atoms with Crippen LogP contribution in [0.15, 0.2) is 18.2 Å². The number of methoxy groups -OCH3 is 2. The van der Waals surface area contributed by atoms with Gasteiger partial charge in [0, 0.05) is 18.0 Å². The summed E-state index contributed by atoms with van der Waals surface area (Å²) < 4.78 is 10.3. The molecule has 1 saturated heterocycles. The zero-order chi connectivity index (χ0) is 20.3. The number of halogens is 1. The van der Waals surface area contributed by atoms with Gasteiger partial charge in [-0.15, -0.1) is 0 Å². The first kappa shape index (κ1) is 20.5. The molecule has 1 aliphatic carbocycles. The summed E-state index contributed by atoms with van der Waals surface area (Å²) in [5.41, 5.74) is -0.454. The van der Waals surface area contributed by atoms with E-state index < -0.39 is 17.4 Å². The molecule has 7 nitrogen and oxygen atoms in total. The molecule has 2 aliphatic rings. The monoisotopic (exact) mass is 408 g/mol. The second kappa shape index (κ2) is 8.39. The lowest BCUT2D eigenvalue weighted by atomic mass is 9.81. The van der Waals surface area contributed by atoms with Crippen LogP contribution < -0.4 is 15.0 Å². The van der Waals surface area contributed by atoms with E-state index in [1.54, 1.807) is 18.2 Å². The number of ether oxygens (including phenoxy) is 2. The first-order chi connectivity index (χ1) is 13.4. The molecule has 28 heavy (non-hydrogen) atoms. The molecule has 0 spiro atoms. The Bertz CT molecular complexity index is 776. The van der Waals surface area contributed by atoms with E-state index in [-0.39, 0.29) is 24.8 Å². The third-order valence-electron chi connectivity index (χ3n) is 5.57. The van der Waals surface area contributed by atoms with E-state index in [0.29, 0.717) is 29.3 Å². The summed E-state index contributed by atoms with van der Waals surface area (Å²) in [4.78, 5) is 39.4. The van der Waals surface area contributed by atoms with E-state index in [1.165, 1.54) is 19.1 Å². The molecule has 1 atom stereocenters. The van der Waals surface area contributed by atoms with Crippen LogP contribution in [0.2, 0.25) is 5.02 Å². The van der Waals surface area contributed by atoms with Crippen LogP contribution in [0.5, 0.6) is 5.75 Å². The third-order valence-corrected chi connectivity index (χ3v) is 5.81. The fraction of sp³-hybridized carbons (Fsp3) is 0.550. The van der Waals surface area contributed by atoms with Crippen LogP contribution in [0.4, 0.5) is 5.69 Å². The van der Waals surface area contributed by atoms with Crippen LogP contribution in [-0.4, -0.2) is 44.1 Å². The van der Waals surface area contributed by atoms with Crippen molar-refractivity contribution in [3.63, 3.8) is 0 Å². The van der Waals surface area contributed by atoms with E-state index in [2.05, 4.69) is 5.32 Å². The summed E-state index contributed by atoms with van der Waals surface area (Å²) in [7, 11) is 2.85. The summed E-state index contributed by atoms with van der Waals surface area (Å²) >= 11 is 6.07. The molecule has 1 aromatic carbocycles. The minimum atomic E-state index is -0.992. The fourth-order valence-corrected chi connectivity index (χ4v) is 4.23. The van der Waals surface area contributed by atoms with Crippen LogP contribution in [0.3, 0.4) is 0 Å². The zero-order valence-corrected chi connectivity index (χ0v) is 16.9. The van der Waals surface area contributed by atoms with E-state index in [0.717, 1.165) is 19.3 Å². The lowest BCUT2D eigenvalue weighted by molar-refractivity contribution is -0.153. The number of hydrogen-bond acceptors (Lipinski definition) is 5. The van der Waals surface area contributed by atoms with Gasteiger partial charge in [0.1, 0.15) is 11.3 Å². The van der Waals surface area contributed by atoms with Gasteiger partial charge in [0.15, 0.2) is 0 Å². The molecule has 0 bridgehead atoms. The van der Waals surface area contributed by atoms with E-state index in [1.807, 2.05) is 0 Å². The highest BCUT2D eigenvalue weighted by molar-refractivity contribution is 6.31. The largest absolute Gasteiger partial charge is 0.495 e. The number of anilines is 1. The minimum Gasteiger partial charge on any atom is -0.495 e.